The first-order valence-electron chi connectivity index (χ1n) is 13.0. The first kappa shape index (κ1) is 21.1. The maximum absolute atomic E-state index is 13.5. The number of hydrogen-bond donors (Lipinski definition) is 0. The molecule has 1 nitrogen and oxygen atoms in total. The van der Waals surface area contributed by atoms with Crippen molar-refractivity contribution in [2.45, 2.75) is 0 Å². The van der Waals surface area contributed by atoms with Gasteiger partial charge in [0, 0.05) is 11.1 Å². The van der Waals surface area contributed by atoms with Crippen LogP contribution >= 0.6 is 0 Å². The third-order valence-electron chi connectivity index (χ3n) is 8.00. The second-order valence-electron chi connectivity index (χ2n) is 10.0. The highest BCUT2D eigenvalue weighted by Gasteiger charge is 2.16. The van der Waals surface area contributed by atoms with Crippen LogP contribution in [0.3, 0.4) is 0 Å². The Balaban J connectivity index is 1.65. The Bertz CT molecular complexity index is 2240. The van der Waals surface area contributed by atoms with E-state index in [0.717, 1.165) is 16.2 Å². The SMILES string of the molecule is O=C(c1ccccc1)c1ccc2c(c1)c1ccccc1c1cccc3c4ccccc4c4cccc2c4c13. The molecule has 0 aliphatic carbocycles. The molecule has 0 aliphatic heterocycles. The lowest BCUT2D eigenvalue weighted by Crippen LogP contribution is -2.00. The first-order valence-corrected chi connectivity index (χ1v) is 13.0. The summed E-state index contributed by atoms with van der Waals surface area (Å²) in [6.07, 6.45) is 0. The Morgan fingerprint density at radius 3 is 1.21 bits per heavy atom. The standard InChI is InChI=1S/C37H22O/c38-37(23-10-2-1-3-11-23)24-20-21-29-33-19-9-17-31-26-13-5-4-12-25(26)30-16-8-18-32(35(30)36(31)33)27-14-6-7-15-28(27)34(29)22-24/h1-22H. The van der Waals surface area contributed by atoms with Crippen molar-refractivity contribution in [1.82, 2.24) is 0 Å². The summed E-state index contributed by atoms with van der Waals surface area (Å²) in [5.41, 5.74) is 1.41. The quantitative estimate of drug-likeness (QED) is 0.177. The molecule has 0 heterocycles. The third-order valence-corrected chi connectivity index (χ3v) is 8.00. The maximum Gasteiger partial charge on any atom is 0.193 e. The minimum Gasteiger partial charge on any atom is -0.289 e. The number of carbonyl (C=O) groups is 1. The fourth-order valence-electron chi connectivity index (χ4n) is 6.35. The molecule has 8 aromatic rings. The predicted molar refractivity (Wildman–Crippen MR) is 161 cm³/mol. The van der Waals surface area contributed by atoms with Crippen molar-refractivity contribution in [3.05, 3.63) is 145 Å². The smallest absolute Gasteiger partial charge is 0.193 e. The van der Waals surface area contributed by atoms with E-state index in [1.165, 1.54) is 48.5 Å². The number of hydrogen-bond acceptors (Lipinski definition) is 1. The molecule has 0 unspecified atom stereocenters. The average Bonchev–Trinajstić information content (AvgIpc) is 2.99. The molecule has 8 aromatic carbocycles. The zero-order valence-electron chi connectivity index (χ0n) is 20.6. The van der Waals surface area contributed by atoms with Crippen LogP contribution in [0.1, 0.15) is 15.9 Å². The zero-order valence-corrected chi connectivity index (χ0v) is 20.6. The van der Waals surface area contributed by atoms with Crippen LogP contribution in [0.15, 0.2) is 133 Å². The Morgan fingerprint density at radius 2 is 0.711 bits per heavy atom. The molecule has 176 valence electrons. The zero-order chi connectivity index (χ0) is 25.2. The van der Waals surface area contributed by atoms with Gasteiger partial charge in [-0.05, 0) is 70.7 Å². The van der Waals surface area contributed by atoms with Gasteiger partial charge in [0.25, 0.3) is 0 Å². The van der Waals surface area contributed by atoms with Gasteiger partial charge in [-0.2, -0.15) is 0 Å². The highest BCUT2D eigenvalue weighted by molar-refractivity contribution is 6.39. The molecule has 0 fully saturated rings. The molecule has 0 amide bonds. The molecule has 0 saturated heterocycles. The lowest BCUT2D eigenvalue weighted by Gasteiger charge is -2.16. The summed E-state index contributed by atoms with van der Waals surface area (Å²) in [5, 5.41) is 14.6. The lowest BCUT2D eigenvalue weighted by atomic mass is 9.87. The van der Waals surface area contributed by atoms with Crippen molar-refractivity contribution in [1.29, 1.82) is 0 Å². The van der Waals surface area contributed by atoms with Crippen LogP contribution in [0, 0.1) is 0 Å². The van der Waals surface area contributed by atoms with Gasteiger partial charge in [0.2, 0.25) is 0 Å². The van der Waals surface area contributed by atoms with Crippen molar-refractivity contribution in [3.63, 3.8) is 0 Å². The first-order chi connectivity index (χ1) is 18.8. The van der Waals surface area contributed by atoms with Gasteiger partial charge in [-0.3, -0.25) is 4.79 Å². The summed E-state index contributed by atoms with van der Waals surface area (Å²) in [7, 11) is 0. The third kappa shape index (κ3) is 2.90. The second kappa shape index (κ2) is 7.99. The van der Waals surface area contributed by atoms with Crippen LogP contribution in [-0.2, 0) is 0 Å². The molecule has 0 atom stereocenters. The maximum atomic E-state index is 13.5. The summed E-state index contributed by atoms with van der Waals surface area (Å²) in [6.45, 7) is 0. The lowest BCUT2D eigenvalue weighted by molar-refractivity contribution is 0.103. The van der Waals surface area contributed by atoms with Gasteiger partial charge in [-0.25, -0.2) is 0 Å². The van der Waals surface area contributed by atoms with Gasteiger partial charge in [0.15, 0.2) is 5.78 Å². The van der Waals surface area contributed by atoms with E-state index in [2.05, 4.69) is 97.1 Å². The monoisotopic (exact) mass is 482 g/mol. The van der Waals surface area contributed by atoms with Crippen LogP contribution in [0.5, 0.6) is 0 Å². The van der Waals surface area contributed by atoms with E-state index >= 15 is 0 Å². The van der Waals surface area contributed by atoms with E-state index in [0.29, 0.717) is 11.1 Å². The molecular formula is C37H22O. The van der Waals surface area contributed by atoms with Crippen LogP contribution in [0.4, 0.5) is 0 Å². The van der Waals surface area contributed by atoms with Gasteiger partial charge in [0.05, 0.1) is 0 Å². The molecular weight excluding hydrogens is 460 g/mol. The van der Waals surface area contributed by atoms with E-state index in [1.54, 1.807) is 0 Å². The Kier molecular flexibility index (Phi) is 4.44. The van der Waals surface area contributed by atoms with E-state index in [-0.39, 0.29) is 5.78 Å². The van der Waals surface area contributed by atoms with Crippen LogP contribution in [-0.4, -0.2) is 5.78 Å². The van der Waals surface area contributed by atoms with E-state index in [4.69, 9.17) is 0 Å². The summed E-state index contributed by atoms with van der Waals surface area (Å²) < 4.78 is 0. The molecule has 0 saturated carbocycles. The summed E-state index contributed by atoms with van der Waals surface area (Å²) in [4.78, 5) is 13.5. The Labute approximate surface area is 219 Å². The minimum absolute atomic E-state index is 0.0413. The van der Waals surface area contributed by atoms with Gasteiger partial charge in [-0.15, -0.1) is 0 Å². The Morgan fingerprint density at radius 1 is 0.316 bits per heavy atom. The molecule has 38 heavy (non-hydrogen) atoms. The van der Waals surface area contributed by atoms with Crippen LogP contribution in [0.2, 0.25) is 0 Å². The molecule has 0 aromatic heterocycles. The molecule has 0 N–H and O–H groups in total. The number of benzene rings is 7. The van der Waals surface area contributed by atoms with Gasteiger partial charge >= 0.3 is 0 Å². The van der Waals surface area contributed by atoms with Crippen LogP contribution < -0.4 is 0 Å². The van der Waals surface area contributed by atoms with E-state index in [9.17, 15) is 4.79 Å². The topological polar surface area (TPSA) is 17.1 Å². The van der Waals surface area contributed by atoms with Crippen molar-refractivity contribution in [2.75, 3.05) is 0 Å². The normalized spacial score (nSPS) is 11.8. The second-order valence-corrected chi connectivity index (χ2v) is 10.0. The van der Waals surface area contributed by atoms with Crippen molar-refractivity contribution >= 4 is 70.4 Å². The summed E-state index contributed by atoms with van der Waals surface area (Å²) in [5.74, 6) is 0.0413. The highest BCUT2D eigenvalue weighted by Crippen LogP contribution is 2.43. The molecule has 0 spiro atoms. The molecule has 8 rings (SSSR count). The number of fused-ring (bicyclic) bond motifs is 8. The van der Waals surface area contributed by atoms with Crippen molar-refractivity contribution < 1.29 is 4.79 Å². The highest BCUT2D eigenvalue weighted by atomic mass is 16.1. The van der Waals surface area contributed by atoms with E-state index < -0.39 is 0 Å². The number of rotatable bonds is 2. The molecule has 0 aliphatic rings. The van der Waals surface area contributed by atoms with Crippen LogP contribution in [0.25, 0.3) is 64.6 Å². The largest absolute Gasteiger partial charge is 0.289 e. The predicted octanol–water partition coefficient (Wildman–Crippen LogP) is 9.84. The van der Waals surface area contributed by atoms with Gasteiger partial charge in [-0.1, -0.05) is 127 Å². The van der Waals surface area contributed by atoms with Gasteiger partial charge in [0.1, 0.15) is 0 Å². The minimum atomic E-state index is 0.0413. The van der Waals surface area contributed by atoms with E-state index in [1.807, 2.05) is 36.4 Å². The van der Waals surface area contributed by atoms with Gasteiger partial charge < -0.3 is 0 Å². The molecule has 1 heteroatoms. The Hall–Kier alpha value is -5.01. The summed E-state index contributed by atoms with van der Waals surface area (Å²) in [6, 6.07) is 46.4. The van der Waals surface area contributed by atoms with Crippen molar-refractivity contribution in [2.24, 2.45) is 0 Å². The fraction of sp³-hybridized carbons (Fsp3) is 0. The number of carbonyl (C=O) groups excluding carboxylic acids is 1. The molecule has 0 radical (unpaired) electrons. The van der Waals surface area contributed by atoms with Crippen molar-refractivity contribution in [3.8, 4) is 0 Å². The average molecular weight is 483 g/mol. The fourth-order valence-corrected chi connectivity index (χ4v) is 6.35. The number of ketones is 1. The molecule has 0 bridgehead atoms. The summed E-state index contributed by atoms with van der Waals surface area (Å²) >= 11 is 0.